The summed E-state index contributed by atoms with van der Waals surface area (Å²) in [6, 6.07) is -5.87. The van der Waals surface area contributed by atoms with Crippen LogP contribution in [0.1, 0.15) is 145 Å². The monoisotopic (exact) mass is 1230 g/mol. The maximum absolute atomic E-state index is 14.4. The van der Waals surface area contributed by atoms with Gasteiger partial charge in [0, 0.05) is 6.42 Å². The Kier molecular flexibility index (Phi) is 31.3. The number of hydrogen-bond acceptors (Lipinski definition) is 16. The highest BCUT2D eigenvalue weighted by Gasteiger charge is 2.42. The number of esters is 1. The molecule has 1 aliphatic carbocycles. The molecule has 16 atom stereocenters. The second-order valence-corrected chi connectivity index (χ2v) is 23.3. The van der Waals surface area contributed by atoms with Gasteiger partial charge in [-0.25, -0.2) is 4.79 Å². The number of nitrogens with one attached hydrogen (secondary N) is 11. The minimum atomic E-state index is -1.80. The van der Waals surface area contributed by atoms with Crippen LogP contribution in [0.3, 0.4) is 0 Å². The van der Waals surface area contributed by atoms with Gasteiger partial charge in [-0.05, 0) is 81.7 Å². The number of benzene rings is 1. The molecule has 11 amide bonds. The molecule has 0 bridgehead atoms. The first-order chi connectivity index (χ1) is 41.2. The molecule has 15 N–H and O–H groups in total. The van der Waals surface area contributed by atoms with E-state index in [1.807, 2.05) is 30.3 Å². The van der Waals surface area contributed by atoms with Crippen LogP contribution in [0.15, 0.2) is 30.3 Å². The number of rotatable bonds is 31. The summed E-state index contributed by atoms with van der Waals surface area (Å²) >= 11 is 0. The fraction of sp³-hybridized carbons (Fsp3) is 0.700. The Morgan fingerprint density at radius 1 is 0.586 bits per heavy atom. The molecular weight excluding hydrogens is 1130 g/mol. The first-order valence-electron chi connectivity index (χ1n) is 30.7. The second-order valence-electron chi connectivity index (χ2n) is 23.3. The van der Waals surface area contributed by atoms with Crippen molar-refractivity contribution in [2.75, 3.05) is 20.3 Å². The molecule has 1 aromatic rings. The van der Waals surface area contributed by atoms with Crippen LogP contribution in [0.2, 0.25) is 0 Å². The van der Waals surface area contributed by atoms with E-state index < -0.39 is 193 Å². The van der Waals surface area contributed by atoms with Gasteiger partial charge in [0.15, 0.2) is 0 Å². The van der Waals surface area contributed by atoms with Crippen LogP contribution in [0.5, 0.6) is 0 Å². The van der Waals surface area contributed by atoms with E-state index in [0.717, 1.165) is 24.8 Å². The number of amides is 11. The molecule has 0 aromatic heterocycles. The molecule has 87 heavy (non-hydrogen) atoms. The summed E-state index contributed by atoms with van der Waals surface area (Å²) in [5, 5.41) is 49.8. The van der Waals surface area contributed by atoms with Crippen LogP contribution < -0.4 is 64.2 Å². The molecule has 27 heteroatoms. The van der Waals surface area contributed by atoms with Crippen LogP contribution in [0.4, 0.5) is 0 Å². The van der Waals surface area contributed by atoms with Gasteiger partial charge >= 0.3 is 5.97 Å². The van der Waals surface area contributed by atoms with Crippen molar-refractivity contribution in [1.82, 2.24) is 58.5 Å². The lowest BCUT2D eigenvalue weighted by Gasteiger charge is -2.32. The number of ether oxygens (including phenoxy) is 1. The number of carbonyl (C=O) groups is 12. The van der Waals surface area contributed by atoms with E-state index in [1.165, 1.54) is 13.8 Å². The summed E-state index contributed by atoms with van der Waals surface area (Å²) in [6.45, 7) is 14.4. The molecule has 3 rings (SSSR count). The summed E-state index contributed by atoms with van der Waals surface area (Å²) in [7, 11) is 1.60. The zero-order valence-corrected chi connectivity index (χ0v) is 52.4. The quantitative estimate of drug-likeness (QED) is 0.0382. The molecular formula is C60H98N12O15. The average Bonchev–Trinajstić information content (AvgIpc) is 3.88. The first-order valence-corrected chi connectivity index (χ1v) is 30.7. The van der Waals surface area contributed by atoms with Gasteiger partial charge in [0.1, 0.15) is 66.5 Å². The van der Waals surface area contributed by atoms with E-state index in [2.05, 4.69) is 58.5 Å². The van der Waals surface area contributed by atoms with Gasteiger partial charge in [-0.2, -0.15) is 0 Å². The summed E-state index contributed by atoms with van der Waals surface area (Å²) in [4.78, 5) is 166. The number of primary amides is 1. The molecule has 1 saturated heterocycles. The zero-order chi connectivity index (χ0) is 65.2. The Labute approximate surface area is 510 Å². The third-order valence-electron chi connectivity index (χ3n) is 16.8. The summed E-state index contributed by atoms with van der Waals surface area (Å²) in [5.41, 5.74) is 6.32. The number of likely N-dealkylation sites (N-methyl/N-ethyl adjacent to an activating group) is 1. The normalized spacial score (nSPS) is 22.5. The topological polar surface area (TPSA) is 413 Å². The highest BCUT2D eigenvalue weighted by atomic mass is 16.5. The van der Waals surface area contributed by atoms with Crippen molar-refractivity contribution in [2.24, 2.45) is 35.3 Å². The standard InChI is InChI=1S/C60H98N12O15/c1-12-31(5)44(68-52(78)40(62-11)28-37-22-18-16-19-23-37)55(81)65-41(29-73)53(79)64-39(26-27-43(61)75)51(77)67-46(33(7)14-3)57(83)69-45(32(6)13-2)56(82)66-42(30-74)54(80)71-48-36(10)87-60(86)47(34(8)15-4)70-59(85)49(38-24-20-17-21-25-38)72-50(76)35(9)63-58(48)84/h16,18-19,22-23,31-36,38-42,44-49,62,73-74H,12-15,17,20-21,24-30H2,1-11H3,(H2,61,75)(H,63,84)(H,64,79)(H,65,81)(H,66,82)(H,67,77)(H,68,78)(H,69,83)(H,70,85)(H,71,80)(H,72,76)/t31-,32-,33+,34-,35-,36-,39+,40+,41-,42-,44-,45-,46+,47-,48+,49?/m0/s1. The molecule has 0 radical (unpaired) electrons. The lowest BCUT2D eigenvalue weighted by Crippen LogP contribution is -2.63. The van der Waals surface area contributed by atoms with Crippen molar-refractivity contribution in [3.63, 3.8) is 0 Å². The molecule has 1 aliphatic heterocycles. The molecule has 0 spiro atoms. The number of nitrogens with two attached hydrogens (primary N) is 1. The fourth-order valence-electron chi connectivity index (χ4n) is 10.2. The summed E-state index contributed by atoms with van der Waals surface area (Å²) in [5.74, 6) is -12.9. The number of hydrogen-bond donors (Lipinski definition) is 14. The van der Waals surface area contributed by atoms with Gasteiger partial charge in [-0.1, -0.05) is 131 Å². The molecule has 488 valence electrons. The Balaban J connectivity index is 1.85. The largest absolute Gasteiger partial charge is 0.458 e. The molecule has 2 aliphatic rings. The van der Waals surface area contributed by atoms with Crippen LogP contribution in [-0.4, -0.2) is 174 Å². The number of carbonyl (C=O) groups excluding carboxylic acids is 12. The Hall–Kier alpha value is -7.26. The lowest BCUT2D eigenvalue weighted by atomic mass is 9.83. The molecule has 27 nitrogen and oxygen atoms in total. The van der Waals surface area contributed by atoms with E-state index in [4.69, 9.17) is 10.5 Å². The van der Waals surface area contributed by atoms with Crippen LogP contribution in [0, 0.1) is 29.6 Å². The Morgan fingerprint density at radius 3 is 1.54 bits per heavy atom. The van der Waals surface area contributed by atoms with Crippen molar-refractivity contribution in [3.8, 4) is 0 Å². The zero-order valence-electron chi connectivity index (χ0n) is 52.4. The highest BCUT2D eigenvalue weighted by Crippen LogP contribution is 2.28. The smallest absolute Gasteiger partial charge is 0.329 e. The summed E-state index contributed by atoms with van der Waals surface area (Å²) < 4.78 is 5.77. The lowest BCUT2D eigenvalue weighted by molar-refractivity contribution is -0.157. The molecule has 2 fully saturated rings. The molecule has 1 saturated carbocycles. The van der Waals surface area contributed by atoms with Gasteiger partial charge in [-0.15, -0.1) is 0 Å². The van der Waals surface area contributed by atoms with E-state index in [0.29, 0.717) is 32.1 Å². The van der Waals surface area contributed by atoms with Gasteiger partial charge < -0.3 is 79.2 Å². The third kappa shape index (κ3) is 22.4. The fourth-order valence-corrected chi connectivity index (χ4v) is 10.2. The van der Waals surface area contributed by atoms with Crippen LogP contribution in [0.25, 0.3) is 0 Å². The van der Waals surface area contributed by atoms with Crippen molar-refractivity contribution in [2.45, 2.75) is 219 Å². The molecule has 1 aromatic carbocycles. The second kappa shape index (κ2) is 36.8. The van der Waals surface area contributed by atoms with Crippen molar-refractivity contribution in [1.29, 1.82) is 0 Å². The molecule has 1 unspecified atom stereocenters. The first kappa shape index (κ1) is 74.0. The maximum Gasteiger partial charge on any atom is 0.329 e. The summed E-state index contributed by atoms with van der Waals surface area (Å²) in [6.07, 6.45) is 3.33. The SMILES string of the molecule is CC[C@@H](C)[C@@H](NC(=O)[C@@H](CCC(N)=O)NC(=O)[C@H](CO)NC(=O)[C@@H](NC(=O)[C@@H](Cc1ccccc1)NC)[C@@H](C)CC)C(=O)N[C@H](C(=O)N[C@@H](CO)C(=O)N[C@H]1C(=O)N[C@@H](C)C(=O)NC(C2CCCCC2)C(=O)N[C@@H]([C@@H](C)CC)C(=O)O[C@H]1C)[C@@H](C)CC. The van der Waals surface area contributed by atoms with E-state index >= 15 is 0 Å². The maximum atomic E-state index is 14.4. The Bertz CT molecular complexity index is 2500. The Morgan fingerprint density at radius 2 is 1.06 bits per heavy atom. The predicted octanol–water partition coefficient (Wildman–Crippen LogP) is -1.35. The van der Waals surface area contributed by atoms with Gasteiger partial charge in [0.25, 0.3) is 0 Å². The van der Waals surface area contributed by atoms with E-state index in [-0.39, 0.29) is 18.8 Å². The van der Waals surface area contributed by atoms with Crippen molar-refractivity contribution < 1.29 is 72.5 Å². The number of aliphatic hydroxyl groups excluding tert-OH is 2. The van der Waals surface area contributed by atoms with E-state index in [9.17, 15) is 67.7 Å². The minimum absolute atomic E-state index is 0.241. The number of aliphatic hydroxyl groups is 2. The van der Waals surface area contributed by atoms with Crippen LogP contribution in [-0.2, 0) is 68.7 Å². The highest BCUT2D eigenvalue weighted by molar-refractivity contribution is 5.99. The van der Waals surface area contributed by atoms with Gasteiger partial charge in [-0.3, -0.25) is 52.7 Å². The molecule has 1 heterocycles. The average molecular weight is 1230 g/mol. The van der Waals surface area contributed by atoms with Crippen LogP contribution >= 0.6 is 0 Å². The van der Waals surface area contributed by atoms with Crippen molar-refractivity contribution in [3.05, 3.63) is 35.9 Å². The van der Waals surface area contributed by atoms with Crippen molar-refractivity contribution >= 4 is 70.9 Å². The van der Waals surface area contributed by atoms with Gasteiger partial charge in [0.2, 0.25) is 65.0 Å². The van der Waals surface area contributed by atoms with Gasteiger partial charge in [0.05, 0.1) is 19.3 Å². The minimum Gasteiger partial charge on any atom is -0.458 e. The third-order valence-corrected chi connectivity index (χ3v) is 16.8. The van der Waals surface area contributed by atoms with E-state index in [1.54, 1.807) is 62.4 Å². The number of cyclic esters (lactones) is 1. The predicted molar refractivity (Wildman–Crippen MR) is 321 cm³/mol.